The number of nitrogens with zero attached hydrogens (tertiary/aromatic N) is 1. The van der Waals surface area contributed by atoms with Crippen molar-refractivity contribution in [3.63, 3.8) is 0 Å². The van der Waals surface area contributed by atoms with E-state index in [1.165, 1.54) is 5.56 Å². The van der Waals surface area contributed by atoms with E-state index in [9.17, 15) is 4.79 Å². The summed E-state index contributed by atoms with van der Waals surface area (Å²) in [4.78, 5) is 13.1. The molecular formula is C19H30N4O. The lowest BCUT2D eigenvalue weighted by atomic mass is 9.82. The molecule has 0 bridgehead atoms. The Bertz CT molecular complexity index is 586. The van der Waals surface area contributed by atoms with Crippen LogP contribution in [0.15, 0.2) is 30.3 Å². The second kappa shape index (κ2) is 7.81. The number of hydrogen-bond acceptors (Lipinski definition) is 4. The number of hydrogen-bond donors (Lipinski definition) is 3. The van der Waals surface area contributed by atoms with Gasteiger partial charge in [-0.3, -0.25) is 15.2 Å². The fourth-order valence-corrected chi connectivity index (χ4v) is 3.16. The molecule has 132 valence electrons. The van der Waals surface area contributed by atoms with Gasteiger partial charge in [0.2, 0.25) is 0 Å². The van der Waals surface area contributed by atoms with Crippen molar-refractivity contribution in [2.45, 2.75) is 20.8 Å². The summed E-state index contributed by atoms with van der Waals surface area (Å²) in [5, 5.41) is 8.15. The number of rotatable bonds is 7. The Balaban J connectivity index is 2.46. The highest BCUT2D eigenvalue weighted by Gasteiger charge is 2.42. The van der Waals surface area contributed by atoms with Gasteiger partial charge in [-0.1, -0.05) is 43.7 Å². The van der Waals surface area contributed by atoms with E-state index in [2.05, 4.69) is 67.2 Å². The first-order valence-electron chi connectivity index (χ1n) is 8.59. The number of hydrazine groups is 1. The van der Waals surface area contributed by atoms with Crippen LogP contribution in [0.1, 0.15) is 25.0 Å². The van der Waals surface area contributed by atoms with E-state index in [0.717, 1.165) is 11.3 Å². The standard InChI is InChI=1S/C19H30N4O/c1-14(2)11-23-18(24)19(12-20-4,13-21-5)10-17(22-23)16-8-6-15(3)7-9-16/h6-10,14,20-22H,11-13H2,1-5H3. The van der Waals surface area contributed by atoms with Crippen LogP contribution in [0.3, 0.4) is 0 Å². The average molecular weight is 330 g/mol. The highest BCUT2D eigenvalue weighted by molar-refractivity contribution is 5.90. The second-order valence-corrected chi connectivity index (χ2v) is 7.06. The molecule has 1 amide bonds. The van der Waals surface area contributed by atoms with Crippen LogP contribution in [0.5, 0.6) is 0 Å². The van der Waals surface area contributed by atoms with E-state index in [1.807, 2.05) is 14.1 Å². The molecule has 0 aliphatic carbocycles. The molecule has 5 nitrogen and oxygen atoms in total. The quantitative estimate of drug-likeness (QED) is 0.713. The predicted molar refractivity (Wildman–Crippen MR) is 99.1 cm³/mol. The van der Waals surface area contributed by atoms with Crippen molar-refractivity contribution in [2.24, 2.45) is 11.3 Å². The first-order valence-corrected chi connectivity index (χ1v) is 8.59. The van der Waals surface area contributed by atoms with Gasteiger partial charge in [0.25, 0.3) is 5.91 Å². The van der Waals surface area contributed by atoms with E-state index in [4.69, 9.17) is 0 Å². The van der Waals surface area contributed by atoms with E-state index >= 15 is 0 Å². The molecule has 24 heavy (non-hydrogen) atoms. The summed E-state index contributed by atoms with van der Waals surface area (Å²) < 4.78 is 0. The van der Waals surface area contributed by atoms with Gasteiger partial charge in [-0.15, -0.1) is 0 Å². The molecule has 0 saturated heterocycles. The molecule has 1 aliphatic rings. The third-order valence-corrected chi connectivity index (χ3v) is 4.24. The molecular weight excluding hydrogens is 300 g/mol. The third kappa shape index (κ3) is 3.97. The number of amides is 1. The van der Waals surface area contributed by atoms with Gasteiger partial charge in [0.15, 0.2) is 0 Å². The normalized spacial score (nSPS) is 17.0. The van der Waals surface area contributed by atoms with Gasteiger partial charge in [0.05, 0.1) is 11.1 Å². The monoisotopic (exact) mass is 330 g/mol. The molecule has 0 radical (unpaired) electrons. The molecule has 5 heteroatoms. The smallest absolute Gasteiger partial charge is 0.253 e. The Morgan fingerprint density at radius 3 is 2.21 bits per heavy atom. The maximum absolute atomic E-state index is 13.1. The molecule has 0 spiro atoms. The molecule has 1 aromatic rings. The van der Waals surface area contributed by atoms with Crippen molar-refractivity contribution in [2.75, 3.05) is 33.7 Å². The first-order chi connectivity index (χ1) is 11.4. The van der Waals surface area contributed by atoms with E-state index < -0.39 is 5.41 Å². The molecule has 0 saturated carbocycles. The van der Waals surface area contributed by atoms with Crippen molar-refractivity contribution in [1.82, 2.24) is 21.1 Å². The van der Waals surface area contributed by atoms with Crippen LogP contribution in [-0.2, 0) is 4.79 Å². The minimum Gasteiger partial charge on any atom is -0.318 e. The zero-order valence-corrected chi connectivity index (χ0v) is 15.4. The Morgan fingerprint density at radius 2 is 1.71 bits per heavy atom. The molecule has 0 unspecified atom stereocenters. The van der Waals surface area contributed by atoms with Crippen molar-refractivity contribution in [3.05, 3.63) is 41.5 Å². The van der Waals surface area contributed by atoms with Crippen LogP contribution in [0.25, 0.3) is 5.70 Å². The Hall–Kier alpha value is -1.85. The Kier molecular flexibility index (Phi) is 6.02. The molecule has 0 fully saturated rings. The second-order valence-electron chi connectivity index (χ2n) is 7.06. The summed E-state index contributed by atoms with van der Waals surface area (Å²) in [5.41, 5.74) is 6.04. The van der Waals surface area contributed by atoms with Crippen LogP contribution in [0.4, 0.5) is 0 Å². The van der Waals surface area contributed by atoms with Gasteiger partial charge in [0, 0.05) is 19.6 Å². The van der Waals surface area contributed by atoms with Gasteiger partial charge in [0.1, 0.15) is 0 Å². The van der Waals surface area contributed by atoms with Gasteiger partial charge in [-0.25, -0.2) is 0 Å². The summed E-state index contributed by atoms with van der Waals surface area (Å²) in [5.74, 6) is 0.497. The third-order valence-electron chi connectivity index (χ3n) is 4.24. The van der Waals surface area contributed by atoms with Crippen LogP contribution >= 0.6 is 0 Å². The zero-order valence-electron chi connectivity index (χ0n) is 15.4. The summed E-state index contributed by atoms with van der Waals surface area (Å²) in [6.07, 6.45) is 2.07. The SMILES string of the molecule is CNCC1(CNC)C=C(c2ccc(C)cc2)NN(CC(C)C)C1=O. The minimum absolute atomic E-state index is 0.107. The van der Waals surface area contributed by atoms with Crippen molar-refractivity contribution in [1.29, 1.82) is 0 Å². The van der Waals surface area contributed by atoms with Gasteiger partial charge in [-0.05, 0) is 38.6 Å². The fraction of sp³-hybridized carbons (Fsp3) is 0.526. The van der Waals surface area contributed by atoms with Crippen molar-refractivity contribution >= 4 is 11.6 Å². The molecule has 1 aliphatic heterocycles. The number of aryl methyl sites for hydroxylation is 1. The summed E-state index contributed by atoms with van der Waals surface area (Å²) in [6.45, 7) is 8.19. The molecule has 2 rings (SSSR count). The van der Waals surface area contributed by atoms with Crippen LogP contribution in [0.2, 0.25) is 0 Å². The fourth-order valence-electron chi connectivity index (χ4n) is 3.16. The van der Waals surface area contributed by atoms with E-state index in [0.29, 0.717) is 25.6 Å². The molecule has 3 N–H and O–H groups in total. The molecule has 1 aromatic carbocycles. The Labute approximate surface area is 145 Å². The van der Waals surface area contributed by atoms with Crippen LogP contribution < -0.4 is 16.1 Å². The van der Waals surface area contributed by atoms with Gasteiger partial charge < -0.3 is 10.6 Å². The summed E-state index contributed by atoms with van der Waals surface area (Å²) >= 11 is 0. The van der Waals surface area contributed by atoms with Crippen LogP contribution in [-0.4, -0.2) is 44.6 Å². The predicted octanol–water partition coefficient (Wildman–Crippen LogP) is 1.76. The topological polar surface area (TPSA) is 56.4 Å². The lowest BCUT2D eigenvalue weighted by Gasteiger charge is -2.41. The number of carbonyl (C=O) groups is 1. The Morgan fingerprint density at radius 1 is 1.12 bits per heavy atom. The molecule has 0 atom stereocenters. The number of nitrogens with one attached hydrogen (secondary N) is 3. The maximum Gasteiger partial charge on any atom is 0.253 e. The minimum atomic E-state index is -0.593. The first kappa shape index (κ1) is 18.5. The van der Waals surface area contributed by atoms with Crippen molar-refractivity contribution in [3.8, 4) is 0 Å². The largest absolute Gasteiger partial charge is 0.318 e. The van der Waals surface area contributed by atoms with E-state index in [1.54, 1.807) is 5.01 Å². The highest BCUT2D eigenvalue weighted by atomic mass is 16.2. The van der Waals surface area contributed by atoms with Crippen LogP contribution in [0, 0.1) is 18.3 Å². The average Bonchev–Trinajstić information content (AvgIpc) is 2.52. The van der Waals surface area contributed by atoms with Crippen molar-refractivity contribution < 1.29 is 4.79 Å². The van der Waals surface area contributed by atoms with Gasteiger partial charge in [-0.2, -0.15) is 0 Å². The summed E-state index contributed by atoms with van der Waals surface area (Å²) in [6, 6.07) is 8.39. The molecule has 0 aromatic heterocycles. The number of benzene rings is 1. The summed E-state index contributed by atoms with van der Waals surface area (Å²) in [7, 11) is 3.78. The van der Waals surface area contributed by atoms with Gasteiger partial charge >= 0.3 is 0 Å². The molecule has 1 heterocycles. The zero-order chi connectivity index (χ0) is 17.7. The number of carbonyl (C=O) groups excluding carboxylic acids is 1. The lowest BCUT2D eigenvalue weighted by molar-refractivity contribution is -0.143. The lowest BCUT2D eigenvalue weighted by Crippen LogP contribution is -2.59. The van der Waals surface area contributed by atoms with E-state index in [-0.39, 0.29) is 5.91 Å². The highest BCUT2D eigenvalue weighted by Crippen LogP contribution is 2.30. The maximum atomic E-state index is 13.1.